The molecule has 14 heteroatoms. The maximum Gasteiger partial charge on any atom is 0.265 e. The lowest BCUT2D eigenvalue weighted by molar-refractivity contribution is -0.119. The second-order valence-electron chi connectivity index (χ2n) is 9.41. The number of sulfonamides is 1. The van der Waals surface area contributed by atoms with E-state index in [-0.39, 0.29) is 39.6 Å². The molecule has 0 aliphatic rings. The molecule has 0 bridgehead atoms. The van der Waals surface area contributed by atoms with E-state index in [0.29, 0.717) is 22.7 Å². The van der Waals surface area contributed by atoms with Crippen molar-refractivity contribution in [1.82, 2.24) is 5.43 Å². The predicted octanol–water partition coefficient (Wildman–Crippen LogP) is 4.73. The molecule has 46 heavy (non-hydrogen) atoms. The van der Waals surface area contributed by atoms with Crippen molar-refractivity contribution >= 4 is 51.0 Å². The van der Waals surface area contributed by atoms with Gasteiger partial charge in [-0.2, -0.15) is 5.10 Å². The van der Waals surface area contributed by atoms with Crippen molar-refractivity contribution < 1.29 is 37.0 Å². The smallest absolute Gasteiger partial charge is 0.265 e. The summed E-state index contributed by atoms with van der Waals surface area (Å²) in [4.78, 5) is 25.0. The first-order valence-electron chi connectivity index (χ1n) is 13.6. The van der Waals surface area contributed by atoms with Crippen LogP contribution in [0.3, 0.4) is 0 Å². The first kappa shape index (κ1) is 33.6. The Labute approximate surface area is 271 Å². The summed E-state index contributed by atoms with van der Waals surface area (Å²) in [5.41, 5.74) is 3.66. The average Bonchev–Trinajstić information content (AvgIpc) is 3.06. The van der Waals surface area contributed by atoms with Crippen LogP contribution < -0.4 is 34.0 Å². The van der Waals surface area contributed by atoms with Crippen LogP contribution in [-0.2, 0) is 19.6 Å². The molecule has 4 aromatic carbocycles. The minimum absolute atomic E-state index is 0.0388. The number of hydrazone groups is 1. The molecule has 2 N–H and O–H groups in total. The van der Waals surface area contributed by atoms with Gasteiger partial charge in [-0.1, -0.05) is 29.8 Å². The fourth-order valence-electron chi connectivity index (χ4n) is 4.12. The van der Waals surface area contributed by atoms with E-state index in [0.717, 1.165) is 4.31 Å². The van der Waals surface area contributed by atoms with E-state index in [1.807, 2.05) is 18.2 Å². The molecule has 0 radical (unpaired) electrons. The van der Waals surface area contributed by atoms with Gasteiger partial charge in [0, 0.05) is 16.8 Å². The van der Waals surface area contributed by atoms with Crippen LogP contribution in [0.2, 0.25) is 5.02 Å². The third-order valence-electron chi connectivity index (χ3n) is 6.35. The number of hydrogen-bond donors (Lipinski definition) is 2. The minimum Gasteiger partial charge on any atom is -0.495 e. The first-order valence-corrected chi connectivity index (χ1v) is 15.4. The number of halogens is 1. The van der Waals surface area contributed by atoms with Crippen molar-refractivity contribution in [1.29, 1.82) is 0 Å². The number of hydrogen-bond acceptors (Lipinski definition) is 9. The van der Waals surface area contributed by atoms with Gasteiger partial charge in [0.15, 0.2) is 18.1 Å². The lowest BCUT2D eigenvalue weighted by Crippen LogP contribution is -2.39. The van der Waals surface area contributed by atoms with Gasteiger partial charge in [0.1, 0.15) is 18.0 Å². The highest BCUT2D eigenvalue weighted by molar-refractivity contribution is 7.92. The molecule has 0 aliphatic carbocycles. The van der Waals surface area contributed by atoms with Crippen LogP contribution in [0.15, 0.2) is 101 Å². The van der Waals surface area contributed by atoms with E-state index in [9.17, 15) is 18.0 Å². The second-order valence-corrected chi connectivity index (χ2v) is 11.7. The highest BCUT2D eigenvalue weighted by atomic mass is 35.5. The summed E-state index contributed by atoms with van der Waals surface area (Å²) in [6.45, 7) is -0.846. The van der Waals surface area contributed by atoms with Gasteiger partial charge in [-0.15, -0.1) is 0 Å². The van der Waals surface area contributed by atoms with Crippen molar-refractivity contribution in [2.75, 3.05) is 44.1 Å². The lowest BCUT2D eigenvalue weighted by Gasteiger charge is -2.25. The van der Waals surface area contributed by atoms with Crippen molar-refractivity contribution in [2.45, 2.75) is 4.90 Å². The summed E-state index contributed by atoms with van der Waals surface area (Å²) in [7, 11) is -0.189. The van der Waals surface area contributed by atoms with Gasteiger partial charge in [0.25, 0.3) is 21.8 Å². The fourth-order valence-corrected chi connectivity index (χ4v) is 5.73. The van der Waals surface area contributed by atoms with Crippen LogP contribution in [-0.4, -0.2) is 60.9 Å². The van der Waals surface area contributed by atoms with Crippen LogP contribution in [0.25, 0.3) is 0 Å². The van der Waals surface area contributed by atoms with E-state index in [2.05, 4.69) is 15.8 Å². The molecular formula is C32H31ClN4O8S. The topological polar surface area (TPSA) is 145 Å². The van der Waals surface area contributed by atoms with Gasteiger partial charge in [-0.25, -0.2) is 13.8 Å². The van der Waals surface area contributed by atoms with E-state index in [1.165, 1.54) is 63.9 Å². The molecule has 0 unspecified atom stereocenters. The molecule has 12 nitrogen and oxygen atoms in total. The van der Waals surface area contributed by atoms with Crippen molar-refractivity contribution in [3.05, 3.63) is 102 Å². The molecule has 0 atom stereocenters. The highest BCUT2D eigenvalue weighted by Gasteiger charge is 2.30. The predicted molar refractivity (Wildman–Crippen MR) is 175 cm³/mol. The molecule has 240 valence electrons. The van der Waals surface area contributed by atoms with E-state index < -0.39 is 22.5 Å². The number of nitrogens with zero attached hydrogens (tertiary/aromatic N) is 2. The van der Waals surface area contributed by atoms with Crippen LogP contribution in [0, 0.1) is 0 Å². The average molecular weight is 667 g/mol. The third kappa shape index (κ3) is 8.67. The largest absolute Gasteiger partial charge is 0.495 e. The number of benzene rings is 4. The van der Waals surface area contributed by atoms with Crippen molar-refractivity contribution in [3.8, 4) is 23.0 Å². The fraction of sp³-hybridized carbons (Fsp3) is 0.156. The summed E-state index contributed by atoms with van der Waals surface area (Å²) < 4.78 is 50.1. The molecule has 0 saturated heterocycles. The Balaban J connectivity index is 1.45. The molecule has 0 saturated carbocycles. The van der Waals surface area contributed by atoms with Gasteiger partial charge in [0.05, 0.1) is 38.1 Å². The lowest BCUT2D eigenvalue weighted by atomic mass is 10.2. The molecule has 0 aliphatic heterocycles. The number of amides is 2. The number of ether oxygens (including phenoxy) is 4. The molecule has 4 aromatic rings. The van der Waals surface area contributed by atoms with Crippen molar-refractivity contribution in [3.63, 3.8) is 0 Å². The Hall–Kier alpha value is -5.27. The molecular weight excluding hydrogens is 636 g/mol. The summed E-state index contributed by atoms with van der Waals surface area (Å²) in [5, 5.41) is 6.92. The Bertz CT molecular complexity index is 1800. The van der Waals surface area contributed by atoms with Gasteiger partial charge in [-0.3, -0.25) is 13.9 Å². The summed E-state index contributed by atoms with van der Waals surface area (Å²) in [6.07, 6.45) is 1.37. The quantitative estimate of drug-likeness (QED) is 0.145. The molecule has 0 spiro atoms. The second kappa shape index (κ2) is 15.6. The standard InChI is InChI=1S/C32H31ClN4O8S/c1-42-28-15-11-23(33)17-27(28)37(46(40,41)26-14-16-29(43-2)30(18-26)44-3)20-31(38)36-34-19-22-9-12-25(13-10-22)45-21-32(39)35-24-7-5-4-6-8-24/h4-19H,20-21H2,1-3H3,(H,35,39)(H,36,38)/b34-19-. The number of carbonyl (C=O) groups is 2. The number of methoxy groups -OCH3 is 3. The zero-order valence-corrected chi connectivity index (χ0v) is 26.7. The molecule has 0 aromatic heterocycles. The minimum atomic E-state index is -4.36. The van der Waals surface area contributed by atoms with Crippen LogP contribution in [0.4, 0.5) is 11.4 Å². The van der Waals surface area contributed by atoms with E-state index >= 15 is 0 Å². The number of para-hydroxylation sites is 1. The zero-order chi connectivity index (χ0) is 33.1. The van der Waals surface area contributed by atoms with Gasteiger partial charge in [-0.05, 0) is 72.3 Å². The molecule has 0 heterocycles. The number of anilines is 2. The normalized spacial score (nSPS) is 11.0. The van der Waals surface area contributed by atoms with Gasteiger partial charge >= 0.3 is 0 Å². The van der Waals surface area contributed by atoms with Gasteiger partial charge < -0.3 is 24.3 Å². The SMILES string of the molecule is COc1ccc(S(=O)(=O)N(CC(=O)N/N=C\c2ccc(OCC(=O)Nc3ccccc3)cc2)c2cc(Cl)ccc2OC)cc1OC. The summed E-state index contributed by atoms with van der Waals surface area (Å²) in [6, 6.07) is 24.1. The Morgan fingerprint density at radius 2 is 1.50 bits per heavy atom. The number of nitrogens with one attached hydrogen (secondary N) is 2. The highest BCUT2D eigenvalue weighted by Crippen LogP contribution is 2.37. The maximum absolute atomic E-state index is 13.9. The van der Waals surface area contributed by atoms with Crippen molar-refractivity contribution in [2.24, 2.45) is 5.10 Å². The van der Waals surface area contributed by atoms with E-state index in [1.54, 1.807) is 36.4 Å². The zero-order valence-electron chi connectivity index (χ0n) is 25.1. The molecule has 2 amide bonds. The number of rotatable bonds is 14. The summed E-state index contributed by atoms with van der Waals surface area (Å²) in [5.74, 6) is 0.0837. The Morgan fingerprint density at radius 3 is 2.17 bits per heavy atom. The first-order chi connectivity index (χ1) is 22.1. The van der Waals surface area contributed by atoms with E-state index in [4.69, 9.17) is 30.5 Å². The summed E-state index contributed by atoms with van der Waals surface area (Å²) >= 11 is 6.20. The van der Waals surface area contributed by atoms with Crippen LogP contribution >= 0.6 is 11.6 Å². The molecule has 4 rings (SSSR count). The Kier molecular flexibility index (Phi) is 11.4. The van der Waals surface area contributed by atoms with Gasteiger partial charge in [0.2, 0.25) is 0 Å². The molecule has 0 fully saturated rings. The monoisotopic (exact) mass is 666 g/mol. The van der Waals surface area contributed by atoms with Crippen LogP contribution in [0.1, 0.15) is 5.56 Å². The van der Waals surface area contributed by atoms with Crippen LogP contribution in [0.5, 0.6) is 23.0 Å². The third-order valence-corrected chi connectivity index (χ3v) is 8.34. The maximum atomic E-state index is 13.9. The Morgan fingerprint density at radius 1 is 0.826 bits per heavy atom. The number of carbonyl (C=O) groups excluding carboxylic acids is 2.